The molecule has 0 atom stereocenters. The van der Waals surface area contributed by atoms with Crippen molar-refractivity contribution in [3.8, 4) is 5.69 Å². The number of anilines is 1. The van der Waals surface area contributed by atoms with Crippen LogP contribution in [0.5, 0.6) is 0 Å². The first-order valence-corrected chi connectivity index (χ1v) is 9.08. The molecular formula is C15H12BrFN4O2S. The molecule has 0 saturated carbocycles. The molecule has 1 aromatic heterocycles. The van der Waals surface area contributed by atoms with E-state index >= 15 is 0 Å². The number of hydrogen-bond acceptors (Lipinski definition) is 4. The number of sulfonamides is 1. The third-order valence-corrected chi connectivity index (χ3v) is 5.57. The van der Waals surface area contributed by atoms with Crippen molar-refractivity contribution in [2.75, 3.05) is 4.72 Å². The van der Waals surface area contributed by atoms with Crippen molar-refractivity contribution in [1.29, 1.82) is 0 Å². The van der Waals surface area contributed by atoms with Gasteiger partial charge in [-0.3, -0.25) is 4.72 Å². The molecule has 0 saturated heterocycles. The summed E-state index contributed by atoms with van der Waals surface area (Å²) in [7, 11) is -3.81. The molecule has 3 aromatic rings. The molecule has 0 spiro atoms. The molecule has 124 valence electrons. The van der Waals surface area contributed by atoms with Crippen LogP contribution in [0.15, 0.2) is 58.4 Å². The number of halogens is 2. The van der Waals surface area contributed by atoms with Crippen LogP contribution in [0.1, 0.15) is 5.56 Å². The maximum absolute atomic E-state index is 14.2. The summed E-state index contributed by atoms with van der Waals surface area (Å²) in [5.41, 5.74) is 1.08. The number of nitrogens with one attached hydrogen (secondary N) is 1. The van der Waals surface area contributed by atoms with Crippen molar-refractivity contribution in [2.24, 2.45) is 0 Å². The van der Waals surface area contributed by atoms with Gasteiger partial charge >= 0.3 is 0 Å². The summed E-state index contributed by atoms with van der Waals surface area (Å²) in [6, 6.07) is 8.64. The van der Waals surface area contributed by atoms with Crippen molar-refractivity contribution in [2.45, 2.75) is 11.8 Å². The number of aryl methyl sites for hydroxylation is 1. The van der Waals surface area contributed by atoms with Gasteiger partial charge in [-0.2, -0.15) is 5.10 Å². The Morgan fingerprint density at radius 2 is 2.00 bits per heavy atom. The van der Waals surface area contributed by atoms with Crippen LogP contribution in [-0.4, -0.2) is 23.2 Å². The van der Waals surface area contributed by atoms with Crippen molar-refractivity contribution in [3.63, 3.8) is 0 Å². The highest BCUT2D eigenvalue weighted by molar-refractivity contribution is 9.10. The van der Waals surface area contributed by atoms with Gasteiger partial charge in [0.15, 0.2) is 5.82 Å². The van der Waals surface area contributed by atoms with E-state index in [0.717, 1.165) is 16.1 Å². The van der Waals surface area contributed by atoms with Gasteiger partial charge in [-0.1, -0.05) is 15.9 Å². The Bertz CT molecular complexity index is 991. The van der Waals surface area contributed by atoms with Gasteiger partial charge in [-0.25, -0.2) is 22.5 Å². The first kappa shape index (κ1) is 16.6. The molecule has 1 N–H and O–H groups in total. The number of aromatic nitrogens is 3. The van der Waals surface area contributed by atoms with Crippen LogP contribution in [0.4, 0.5) is 10.1 Å². The molecule has 2 aromatic carbocycles. The summed E-state index contributed by atoms with van der Waals surface area (Å²) in [5, 5.41) is 3.84. The Kier molecular flexibility index (Phi) is 4.37. The fourth-order valence-corrected chi connectivity index (χ4v) is 3.47. The minimum Gasteiger partial charge on any atom is -0.280 e. The average Bonchev–Trinajstić information content (AvgIpc) is 3.03. The molecule has 0 radical (unpaired) electrons. The molecule has 0 fully saturated rings. The summed E-state index contributed by atoms with van der Waals surface area (Å²) in [5.74, 6) is -0.618. The molecule has 6 nitrogen and oxygen atoms in total. The molecular weight excluding hydrogens is 399 g/mol. The van der Waals surface area contributed by atoms with Crippen molar-refractivity contribution < 1.29 is 12.8 Å². The van der Waals surface area contributed by atoms with Gasteiger partial charge in [0.1, 0.15) is 18.3 Å². The van der Waals surface area contributed by atoms with E-state index in [0.29, 0.717) is 0 Å². The third kappa shape index (κ3) is 3.31. The molecule has 0 bridgehead atoms. The SMILES string of the molecule is Cc1cc(S(=O)(=O)Nc2ccc(-n3cncn3)c(F)c2)ccc1Br. The Morgan fingerprint density at radius 3 is 2.62 bits per heavy atom. The molecule has 3 rings (SSSR count). The zero-order valence-electron chi connectivity index (χ0n) is 12.4. The topological polar surface area (TPSA) is 76.9 Å². The van der Waals surface area contributed by atoms with Crippen LogP contribution in [0, 0.1) is 12.7 Å². The first-order chi connectivity index (χ1) is 11.4. The van der Waals surface area contributed by atoms with Crippen LogP contribution in [-0.2, 0) is 10.0 Å². The van der Waals surface area contributed by atoms with Gasteiger partial charge < -0.3 is 0 Å². The van der Waals surface area contributed by atoms with Crippen molar-refractivity contribution >= 4 is 31.6 Å². The fourth-order valence-electron chi connectivity index (χ4n) is 2.09. The standard InChI is InChI=1S/C15H12BrFN4O2S/c1-10-6-12(3-4-13(10)16)24(22,23)20-11-2-5-15(14(17)7-11)21-9-18-8-19-21/h2-9,20H,1H3. The quantitative estimate of drug-likeness (QED) is 0.715. The summed E-state index contributed by atoms with van der Waals surface area (Å²) in [6.45, 7) is 1.79. The highest BCUT2D eigenvalue weighted by Gasteiger charge is 2.16. The lowest BCUT2D eigenvalue weighted by atomic mass is 10.2. The number of hydrogen-bond donors (Lipinski definition) is 1. The van der Waals surface area contributed by atoms with Gasteiger partial charge in [0.05, 0.1) is 10.6 Å². The van der Waals surface area contributed by atoms with Crippen LogP contribution in [0.25, 0.3) is 5.69 Å². The smallest absolute Gasteiger partial charge is 0.261 e. The summed E-state index contributed by atoms with van der Waals surface area (Å²) < 4.78 is 43.4. The maximum atomic E-state index is 14.2. The van der Waals surface area contributed by atoms with Gasteiger partial charge in [0, 0.05) is 10.5 Å². The van der Waals surface area contributed by atoms with E-state index in [1.807, 2.05) is 0 Å². The van der Waals surface area contributed by atoms with E-state index in [9.17, 15) is 12.8 Å². The third-order valence-electron chi connectivity index (χ3n) is 3.31. The largest absolute Gasteiger partial charge is 0.280 e. The average molecular weight is 411 g/mol. The predicted octanol–water partition coefficient (Wildman–Crippen LogP) is 3.28. The van der Waals surface area contributed by atoms with E-state index in [4.69, 9.17) is 0 Å². The molecule has 0 aliphatic carbocycles. The Hall–Kier alpha value is -2.26. The highest BCUT2D eigenvalue weighted by atomic mass is 79.9. The Labute approximate surface area is 146 Å². The van der Waals surface area contributed by atoms with Gasteiger partial charge in [0.2, 0.25) is 0 Å². The number of benzene rings is 2. The summed E-state index contributed by atoms with van der Waals surface area (Å²) in [4.78, 5) is 3.85. The zero-order valence-corrected chi connectivity index (χ0v) is 14.8. The second kappa shape index (κ2) is 6.33. The minimum atomic E-state index is -3.81. The van der Waals surface area contributed by atoms with E-state index in [2.05, 4.69) is 30.7 Å². The fraction of sp³-hybridized carbons (Fsp3) is 0.0667. The molecule has 0 aliphatic rings. The normalized spacial score (nSPS) is 11.5. The van der Waals surface area contributed by atoms with E-state index in [-0.39, 0.29) is 16.3 Å². The van der Waals surface area contributed by atoms with E-state index in [1.54, 1.807) is 13.0 Å². The predicted molar refractivity (Wildman–Crippen MR) is 91.0 cm³/mol. The summed E-state index contributed by atoms with van der Waals surface area (Å²) >= 11 is 3.32. The Morgan fingerprint density at radius 1 is 1.21 bits per heavy atom. The van der Waals surface area contributed by atoms with Crippen LogP contribution < -0.4 is 4.72 Å². The van der Waals surface area contributed by atoms with Gasteiger partial charge in [-0.15, -0.1) is 0 Å². The number of rotatable bonds is 4. The maximum Gasteiger partial charge on any atom is 0.261 e. The molecule has 24 heavy (non-hydrogen) atoms. The Balaban J connectivity index is 1.90. The molecule has 1 heterocycles. The second-order valence-corrected chi connectivity index (χ2v) is 7.56. The van der Waals surface area contributed by atoms with Crippen molar-refractivity contribution in [3.05, 3.63) is 64.9 Å². The first-order valence-electron chi connectivity index (χ1n) is 6.80. The van der Waals surface area contributed by atoms with Crippen LogP contribution in [0.3, 0.4) is 0 Å². The molecule has 0 unspecified atom stereocenters. The number of nitrogens with zero attached hydrogens (tertiary/aromatic N) is 3. The van der Waals surface area contributed by atoms with Crippen LogP contribution >= 0.6 is 15.9 Å². The lowest BCUT2D eigenvalue weighted by Gasteiger charge is -2.10. The lowest BCUT2D eigenvalue weighted by molar-refractivity contribution is 0.600. The highest BCUT2D eigenvalue weighted by Crippen LogP contribution is 2.23. The zero-order chi connectivity index (χ0) is 17.3. The van der Waals surface area contributed by atoms with E-state index < -0.39 is 15.8 Å². The monoisotopic (exact) mass is 410 g/mol. The van der Waals surface area contributed by atoms with Crippen molar-refractivity contribution in [1.82, 2.24) is 14.8 Å². The molecule has 0 aliphatic heterocycles. The minimum absolute atomic E-state index is 0.101. The van der Waals surface area contributed by atoms with Crippen LogP contribution in [0.2, 0.25) is 0 Å². The molecule has 9 heteroatoms. The second-order valence-electron chi connectivity index (χ2n) is 5.02. The van der Waals surface area contributed by atoms with Gasteiger partial charge in [-0.05, 0) is 42.8 Å². The lowest BCUT2D eigenvalue weighted by Crippen LogP contribution is -2.13. The summed E-state index contributed by atoms with van der Waals surface area (Å²) in [6.07, 6.45) is 2.64. The molecule has 0 amide bonds. The van der Waals surface area contributed by atoms with Gasteiger partial charge in [0.25, 0.3) is 10.0 Å². The van der Waals surface area contributed by atoms with E-state index in [1.165, 1.54) is 41.6 Å².